The van der Waals surface area contributed by atoms with Crippen LogP contribution in [0.15, 0.2) is 30.5 Å². The van der Waals surface area contributed by atoms with Crippen LogP contribution >= 0.6 is 11.6 Å². The number of hydrogen-bond donors (Lipinski definition) is 3. The Kier molecular flexibility index (Phi) is 9.89. The van der Waals surface area contributed by atoms with Gasteiger partial charge in [0.25, 0.3) is 5.91 Å². The highest BCUT2D eigenvalue weighted by Gasteiger charge is 2.62. The van der Waals surface area contributed by atoms with E-state index in [2.05, 4.69) is 20.3 Å². The van der Waals surface area contributed by atoms with Gasteiger partial charge in [-0.15, -0.1) is 0 Å². The number of fused-ring (bicyclic) bond motifs is 1. The highest BCUT2D eigenvalue weighted by molar-refractivity contribution is 7.91. The zero-order valence-corrected chi connectivity index (χ0v) is 30.5. The summed E-state index contributed by atoms with van der Waals surface area (Å²) in [6.07, 6.45) is 1.83. The second kappa shape index (κ2) is 13.2. The number of halogens is 1. The summed E-state index contributed by atoms with van der Waals surface area (Å²) < 4.78 is 39.3. The molecule has 0 radical (unpaired) electrons. The standard InChI is InChI=1S/C34H46ClN5O8S/c1-8-19-17-34(19,30(43)39-49(45,46)21-12-13-21)38-27(41)25-16-20(47-28-23-10-9-11-24(35)22(23)14-15-36-28)18-40(25)29(42)26(32(2,3)4)37-31(44)48-33(5,6)7/h9-11,14-15,19-21,25-26H,8,12-13,16-18H2,1-7H3,(H,37,44)(H,38,41)(H,39,43)/t19-,20-,25+,26-,34-/m1/s1. The molecule has 49 heavy (non-hydrogen) atoms. The number of amides is 4. The van der Waals surface area contributed by atoms with Crippen molar-refractivity contribution in [3.8, 4) is 5.88 Å². The number of carbonyl (C=O) groups excluding carboxylic acids is 4. The zero-order valence-electron chi connectivity index (χ0n) is 29.0. The predicted octanol–water partition coefficient (Wildman–Crippen LogP) is 4.07. The van der Waals surface area contributed by atoms with Crippen molar-refractivity contribution in [2.24, 2.45) is 11.3 Å². The molecule has 2 heterocycles. The molecule has 0 spiro atoms. The van der Waals surface area contributed by atoms with E-state index in [1.54, 1.807) is 65.9 Å². The highest BCUT2D eigenvalue weighted by Crippen LogP contribution is 2.47. The molecule has 1 aliphatic heterocycles. The topological polar surface area (TPSA) is 173 Å². The van der Waals surface area contributed by atoms with Gasteiger partial charge < -0.3 is 25.0 Å². The molecule has 5 rings (SSSR count). The first kappa shape index (κ1) is 36.6. The first-order chi connectivity index (χ1) is 22.8. The van der Waals surface area contributed by atoms with Crippen LogP contribution in [0.2, 0.25) is 5.02 Å². The van der Waals surface area contributed by atoms with Crippen LogP contribution in [0.1, 0.15) is 80.6 Å². The van der Waals surface area contributed by atoms with E-state index < -0.39 is 73.8 Å². The zero-order chi connectivity index (χ0) is 36.1. The summed E-state index contributed by atoms with van der Waals surface area (Å²) in [6, 6.07) is 4.86. The molecule has 0 bridgehead atoms. The van der Waals surface area contributed by atoms with Gasteiger partial charge in [0.15, 0.2) is 0 Å². The first-order valence-electron chi connectivity index (χ1n) is 16.6. The van der Waals surface area contributed by atoms with Crippen molar-refractivity contribution in [1.29, 1.82) is 0 Å². The summed E-state index contributed by atoms with van der Waals surface area (Å²) >= 11 is 6.41. The fourth-order valence-electron chi connectivity index (χ4n) is 6.30. The minimum absolute atomic E-state index is 0.0361. The number of benzene rings is 1. The highest BCUT2D eigenvalue weighted by atomic mass is 35.5. The van der Waals surface area contributed by atoms with E-state index in [1.807, 2.05) is 13.0 Å². The van der Waals surface area contributed by atoms with E-state index in [9.17, 15) is 27.6 Å². The minimum atomic E-state index is -3.86. The van der Waals surface area contributed by atoms with Gasteiger partial charge in [-0.3, -0.25) is 19.1 Å². The Morgan fingerprint density at radius 3 is 2.37 bits per heavy atom. The number of hydrogen-bond acceptors (Lipinski definition) is 9. The van der Waals surface area contributed by atoms with Gasteiger partial charge in [0.05, 0.1) is 11.8 Å². The fourth-order valence-corrected chi connectivity index (χ4v) is 7.91. The molecule has 5 atom stereocenters. The predicted molar refractivity (Wildman–Crippen MR) is 183 cm³/mol. The largest absolute Gasteiger partial charge is 0.472 e. The molecule has 268 valence electrons. The van der Waals surface area contributed by atoms with Crippen molar-refractivity contribution in [3.63, 3.8) is 0 Å². The van der Waals surface area contributed by atoms with Gasteiger partial charge in [-0.25, -0.2) is 18.2 Å². The summed E-state index contributed by atoms with van der Waals surface area (Å²) in [5, 5.41) is 6.80. The van der Waals surface area contributed by atoms with E-state index in [0.717, 1.165) is 5.39 Å². The maximum atomic E-state index is 14.4. The lowest BCUT2D eigenvalue weighted by molar-refractivity contribution is -0.143. The second-order valence-electron chi connectivity index (χ2n) is 15.3. The molecule has 4 amide bonds. The average Bonchev–Trinajstić information content (AvgIpc) is 3.91. The molecular weight excluding hydrogens is 674 g/mol. The van der Waals surface area contributed by atoms with Gasteiger partial charge in [0, 0.05) is 28.4 Å². The van der Waals surface area contributed by atoms with Crippen LogP contribution in [0.25, 0.3) is 10.8 Å². The Morgan fingerprint density at radius 1 is 1.08 bits per heavy atom. The number of carbonyl (C=O) groups is 4. The molecular formula is C34H46ClN5O8S. The third kappa shape index (κ3) is 8.06. The molecule has 1 aromatic heterocycles. The Morgan fingerprint density at radius 2 is 1.78 bits per heavy atom. The van der Waals surface area contributed by atoms with Crippen LogP contribution in [0.5, 0.6) is 5.88 Å². The lowest BCUT2D eigenvalue weighted by atomic mass is 9.85. The van der Waals surface area contributed by atoms with Gasteiger partial charge in [0.2, 0.25) is 27.7 Å². The quantitative estimate of drug-likeness (QED) is 0.327. The number of alkyl carbamates (subject to hydrolysis) is 1. The summed E-state index contributed by atoms with van der Waals surface area (Å²) in [5.41, 5.74) is -3.06. The first-order valence-corrected chi connectivity index (χ1v) is 18.6. The van der Waals surface area contributed by atoms with E-state index in [4.69, 9.17) is 21.1 Å². The van der Waals surface area contributed by atoms with Crippen LogP contribution in [0.3, 0.4) is 0 Å². The lowest BCUT2D eigenvalue weighted by Crippen LogP contribution is -2.60. The maximum absolute atomic E-state index is 14.4. The Labute approximate surface area is 292 Å². The fraction of sp³-hybridized carbons (Fsp3) is 0.618. The number of nitrogens with zero attached hydrogens (tertiary/aromatic N) is 2. The third-order valence-corrected chi connectivity index (χ3v) is 11.3. The van der Waals surface area contributed by atoms with Gasteiger partial charge in [-0.05, 0) is 69.6 Å². The monoisotopic (exact) mass is 719 g/mol. The molecule has 2 saturated carbocycles. The molecule has 1 aromatic carbocycles. The molecule has 1 saturated heterocycles. The average molecular weight is 720 g/mol. The lowest BCUT2D eigenvalue weighted by Gasteiger charge is -2.36. The number of pyridine rings is 1. The molecule has 3 N–H and O–H groups in total. The summed E-state index contributed by atoms with van der Waals surface area (Å²) in [7, 11) is -3.86. The minimum Gasteiger partial charge on any atom is -0.472 e. The number of nitrogens with one attached hydrogen (secondary N) is 3. The molecule has 15 heteroatoms. The van der Waals surface area contributed by atoms with Crippen LogP contribution in [0, 0.1) is 11.3 Å². The van der Waals surface area contributed by atoms with Crippen LogP contribution in [0.4, 0.5) is 4.79 Å². The molecule has 3 fully saturated rings. The van der Waals surface area contributed by atoms with Crippen molar-refractivity contribution in [2.75, 3.05) is 6.54 Å². The second-order valence-corrected chi connectivity index (χ2v) is 17.7. The maximum Gasteiger partial charge on any atom is 0.408 e. The van der Waals surface area contributed by atoms with E-state index in [-0.39, 0.29) is 31.2 Å². The Hall–Kier alpha value is -3.65. The van der Waals surface area contributed by atoms with Crippen molar-refractivity contribution in [1.82, 2.24) is 25.2 Å². The van der Waals surface area contributed by atoms with Crippen LogP contribution in [-0.4, -0.2) is 83.2 Å². The summed E-state index contributed by atoms with van der Waals surface area (Å²) in [6.45, 7) is 12.3. The molecule has 3 aliphatic rings. The SMILES string of the molecule is CC[C@@H]1C[C@]1(NC(=O)[C@@H]1C[C@@H](Oc2nccc3c(Cl)cccc23)CN1C(=O)[C@@H](NC(=O)OC(C)(C)C)C(C)(C)C)C(=O)NS(=O)(=O)C1CC1. The summed E-state index contributed by atoms with van der Waals surface area (Å²) in [5.74, 6) is -1.97. The van der Waals surface area contributed by atoms with Crippen LogP contribution in [-0.2, 0) is 29.1 Å². The Bertz CT molecular complexity index is 1750. The molecule has 13 nitrogen and oxygen atoms in total. The molecule has 0 unspecified atom stereocenters. The molecule has 2 aliphatic carbocycles. The Balaban J connectivity index is 1.44. The van der Waals surface area contributed by atoms with Crippen molar-refractivity contribution >= 4 is 56.2 Å². The molecule has 2 aromatic rings. The third-order valence-electron chi connectivity index (χ3n) is 9.16. The number of likely N-dealkylation sites (tertiary alicyclic amines) is 1. The van der Waals surface area contributed by atoms with Gasteiger partial charge >= 0.3 is 6.09 Å². The van der Waals surface area contributed by atoms with Gasteiger partial charge in [-0.2, -0.15) is 0 Å². The normalized spacial score (nSPS) is 24.6. The summed E-state index contributed by atoms with van der Waals surface area (Å²) in [4.78, 5) is 60.7. The van der Waals surface area contributed by atoms with Crippen molar-refractivity contribution < 1.29 is 37.1 Å². The van der Waals surface area contributed by atoms with Crippen LogP contribution < -0.4 is 20.1 Å². The number of ether oxygens (including phenoxy) is 2. The van der Waals surface area contributed by atoms with Gasteiger partial charge in [-0.1, -0.05) is 51.8 Å². The van der Waals surface area contributed by atoms with E-state index in [0.29, 0.717) is 29.7 Å². The smallest absolute Gasteiger partial charge is 0.408 e. The number of aromatic nitrogens is 1. The van der Waals surface area contributed by atoms with E-state index in [1.165, 1.54) is 4.90 Å². The van der Waals surface area contributed by atoms with Gasteiger partial charge in [0.1, 0.15) is 29.3 Å². The van der Waals surface area contributed by atoms with Crippen molar-refractivity contribution in [2.45, 2.75) is 115 Å². The van der Waals surface area contributed by atoms with Crippen molar-refractivity contribution in [3.05, 3.63) is 35.5 Å². The number of sulfonamides is 1. The van der Waals surface area contributed by atoms with E-state index >= 15 is 0 Å². The number of rotatable bonds is 10.